The van der Waals surface area contributed by atoms with E-state index in [1.54, 1.807) is 20.0 Å². The predicted octanol–water partition coefficient (Wildman–Crippen LogP) is 3.87. The SMILES string of the molecule is CC1(C(=O)O)CC(C(=O)O)=NN1c1ccc(Cl)cc1Cl.Cc1cnc(C2=NC(C)(C(C)C)C(=O)N2)c(C(=O)O)c1. The summed E-state index contributed by atoms with van der Waals surface area (Å²) in [6.07, 6.45) is 1.33. The van der Waals surface area contributed by atoms with Crippen LogP contribution in [0.3, 0.4) is 0 Å². The van der Waals surface area contributed by atoms with Gasteiger partial charge in [0.25, 0.3) is 5.91 Å². The van der Waals surface area contributed by atoms with E-state index in [2.05, 4.69) is 20.4 Å². The molecule has 2 aliphatic rings. The van der Waals surface area contributed by atoms with E-state index < -0.39 is 29.0 Å². The first kappa shape index (κ1) is 30.5. The number of pyridine rings is 1. The maximum Gasteiger partial charge on any atom is 0.352 e. The molecule has 12 nitrogen and oxygen atoms in total. The number of amides is 1. The number of carboxylic acid groups (broad SMARTS) is 3. The highest BCUT2D eigenvalue weighted by Crippen LogP contribution is 2.38. The first-order valence-corrected chi connectivity index (χ1v) is 12.7. The molecule has 4 rings (SSSR count). The Bertz CT molecular complexity index is 1480. The number of hydrogen-bond acceptors (Lipinski definition) is 8. The lowest BCUT2D eigenvalue weighted by Crippen LogP contribution is -2.47. The quantitative estimate of drug-likeness (QED) is 0.387. The third-order valence-corrected chi connectivity index (χ3v) is 7.22. The number of carbonyl (C=O) groups is 4. The molecule has 0 saturated carbocycles. The van der Waals surface area contributed by atoms with E-state index in [0.717, 1.165) is 10.6 Å². The number of carbonyl (C=O) groups excluding carboxylic acids is 1. The molecule has 0 fully saturated rings. The van der Waals surface area contributed by atoms with Crippen molar-refractivity contribution < 1.29 is 34.5 Å². The molecule has 2 atom stereocenters. The molecule has 3 heterocycles. The number of amidine groups is 1. The van der Waals surface area contributed by atoms with Crippen molar-refractivity contribution in [1.82, 2.24) is 10.3 Å². The number of aliphatic imine (C=N–C) groups is 1. The first-order chi connectivity index (χ1) is 18.5. The van der Waals surface area contributed by atoms with Gasteiger partial charge in [-0.1, -0.05) is 37.0 Å². The summed E-state index contributed by atoms with van der Waals surface area (Å²) in [5.74, 6) is -3.55. The highest BCUT2D eigenvalue weighted by molar-refractivity contribution is 6.38. The lowest BCUT2D eigenvalue weighted by Gasteiger charge is -2.30. The molecule has 0 saturated heterocycles. The minimum atomic E-state index is -1.51. The Morgan fingerprint density at radius 3 is 2.23 bits per heavy atom. The van der Waals surface area contributed by atoms with E-state index in [1.807, 2.05) is 13.8 Å². The molecule has 4 N–H and O–H groups in total. The second-order valence-electron chi connectivity index (χ2n) is 9.95. The van der Waals surface area contributed by atoms with Gasteiger partial charge in [0.05, 0.1) is 16.3 Å². The van der Waals surface area contributed by atoms with Gasteiger partial charge in [-0.15, -0.1) is 0 Å². The summed E-state index contributed by atoms with van der Waals surface area (Å²) in [7, 11) is 0. The molecule has 2 unspecified atom stereocenters. The van der Waals surface area contributed by atoms with Gasteiger partial charge in [-0.25, -0.2) is 24.4 Å². The van der Waals surface area contributed by atoms with Gasteiger partial charge >= 0.3 is 17.9 Å². The van der Waals surface area contributed by atoms with Crippen LogP contribution in [0.5, 0.6) is 0 Å². The zero-order valence-corrected chi connectivity index (χ0v) is 23.7. The van der Waals surface area contributed by atoms with Crippen molar-refractivity contribution in [2.45, 2.75) is 52.1 Å². The predicted molar refractivity (Wildman–Crippen MR) is 149 cm³/mol. The van der Waals surface area contributed by atoms with Gasteiger partial charge in [-0.05, 0) is 56.5 Å². The second kappa shape index (κ2) is 11.2. The standard InChI is InChI=1S/C14H17N3O3.C12H10Cl2N2O4/c1-7(2)14(4)13(20)16-11(17-14)10-9(12(18)19)5-8(3)6-15-10;1-12(11(19)20)5-8(10(17)18)15-16(12)9-3-2-6(13)4-7(9)14/h5-7H,1-4H3,(H,18,19)(H,16,17,20);2-4H,5H2,1H3,(H,17,18)(H,19,20). The van der Waals surface area contributed by atoms with Crippen LogP contribution in [0.4, 0.5) is 5.69 Å². The summed E-state index contributed by atoms with van der Waals surface area (Å²) < 4.78 is 0. The molecular weight excluding hydrogens is 565 g/mol. The van der Waals surface area contributed by atoms with Crippen molar-refractivity contribution in [2.75, 3.05) is 5.01 Å². The number of rotatable bonds is 6. The fraction of sp³-hybridized carbons (Fsp3) is 0.346. The van der Waals surface area contributed by atoms with Crippen molar-refractivity contribution in [3.8, 4) is 0 Å². The lowest BCUT2D eigenvalue weighted by atomic mass is 9.89. The van der Waals surface area contributed by atoms with Crippen molar-refractivity contribution in [3.63, 3.8) is 0 Å². The number of carboxylic acids is 3. The topological polar surface area (TPSA) is 182 Å². The lowest BCUT2D eigenvalue weighted by molar-refractivity contribution is -0.142. The minimum Gasteiger partial charge on any atom is -0.479 e. The van der Waals surface area contributed by atoms with Gasteiger partial charge in [0, 0.05) is 17.6 Å². The van der Waals surface area contributed by atoms with Crippen molar-refractivity contribution in [2.24, 2.45) is 16.0 Å². The van der Waals surface area contributed by atoms with Crippen LogP contribution < -0.4 is 10.3 Å². The Hall–Kier alpha value is -4.03. The van der Waals surface area contributed by atoms with Crippen LogP contribution in [0.15, 0.2) is 40.6 Å². The van der Waals surface area contributed by atoms with E-state index in [-0.39, 0.29) is 51.8 Å². The maximum absolute atomic E-state index is 12.1. The molecular formula is C26H27Cl2N5O7. The van der Waals surface area contributed by atoms with Crippen LogP contribution in [0.1, 0.15) is 55.7 Å². The first-order valence-electron chi connectivity index (χ1n) is 11.9. The van der Waals surface area contributed by atoms with E-state index in [9.17, 15) is 29.4 Å². The number of anilines is 1. The Morgan fingerprint density at radius 2 is 1.73 bits per heavy atom. The van der Waals surface area contributed by atoms with Gasteiger partial charge in [0.15, 0.2) is 11.4 Å². The van der Waals surface area contributed by atoms with Crippen molar-refractivity contribution in [1.29, 1.82) is 0 Å². The fourth-order valence-corrected chi connectivity index (χ4v) is 4.38. The Labute approximate surface area is 239 Å². The minimum absolute atomic E-state index is 0.00118. The molecule has 1 amide bonds. The number of halogens is 2. The number of aryl methyl sites for hydroxylation is 1. The summed E-state index contributed by atoms with van der Waals surface area (Å²) in [5, 5.41) is 35.8. The fourth-order valence-electron chi connectivity index (χ4n) is 3.89. The number of nitrogens with one attached hydrogen (secondary N) is 1. The molecule has 0 bridgehead atoms. The number of aromatic nitrogens is 1. The van der Waals surface area contributed by atoms with Gasteiger partial charge in [-0.2, -0.15) is 5.10 Å². The normalized spacial score (nSPS) is 21.8. The zero-order chi connectivity index (χ0) is 30.2. The van der Waals surface area contributed by atoms with Crippen LogP contribution in [-0.4, -0.2) is 66.7 Å². The molecule has 2 aromatic rings. The van der Waals surface area contributed by atoms with E-state index >= 15 is 0 Å². The molecule has 0 radical (unpaired) electrons. The average molecular weight is 592 g/mol. The summed E-state index contributed by atoms with van der Waals surface area (Å²) in [5.41, 5.74) is -1.37. The Morgan fingerprint density at radius 1 is 1.07 bits per heavy atom. The second-order valence-corrected chi connectivity index (χ2v) is 10.8. The van der Waals surface area contributed by atoms with Gasteiger partial charge in [0.2, 0.25) is 0 Å². The monoisotopic (exact) mass is 591 g/mol. The van der Waals surface area contributed by atoms with Gasteiger partial charge in [0.1, 0.15) is 16.9 Å². The summed E-state index contributed by atoms with van der Waals surface area (Å²) >= 11 is 11.8. The van der Waals surface area contributed by atoms with Crippen molar-refractivity contribution >= 4 is 64.3 Å². The molecule has 0 spiro atoms. The number of aromatic carboxylic acids is 1. The molecule has 40 heavy (non-hydrogen) atoms. The van der Waals surface area contributed by atoms with Crippen LogP contribution in [0.25, 0.3) is 0 Å². The van der Waals surface area contributed by atoms with E-state index in [1.165, 1.54) is 31.2 Å². The van der Waals surface area contributed by atoms with Crippen LogP contribution in [-0.2, 0) is 14.4 Å². The van der Waals surface area contributed by atoms with E-state index in [4.69, 9.17) is 28.3 Å². The third kappa shape index (κ3) is 5.77. The van der Waals surface area contributed by atoms with Crippen molar-refractivity contribution in [3.05, 3.63) is 57.3 Å². The largest absolute Gasteiger partial charge is 0.479 e. The molecule has 14 heteroatoms. The molecule has 0 aliphatic carbocycles. The van der Waals surface area contributed by atoms with Gasteiger partial charge in [-0.3, -0.25) is 9.78 Å². The molecule has 2 aliphatic heterocycles. The zero-order valence-electron chi connectivity index (χ0n) is 22.2. The van der Waals surface area contributed by atoms with E-state index in [0.29, 0.717) is 5.02 Å². The van der Waals surface area contributed by atoms with Crippen LogP contribution in [0, 0.1) is 12.8 Å². The average Bonchev–Trinajstić information content (AvgIpc) is 3.38. The Balaban J connectivity index is 0.000000220. The highest BCUT2D eigenvalue weighted by atomic mass is 35.5. The molecule has 1 aromatic carbocycles. The highest BCUT2D eigenvalue weighted by Gasteiger charge is 2.48. The number of nitrogens with zero attached hydrogens (tertiary/aromatic N) is 4. The Kier molecular flexibility index (Phi) is 8.56. The maximum atomic E-state index is 12.1. The number of hydrazone groups is 1. The third-order valence-electron chi connectivity index (χ3n) is 6.68. The molecule has 1 aromatic heterocycles. The number of aliphatic carboxylic acids is 2. The molecule has 212 valence electrons. The summed E-state index contributed by atoms with van der Waals surface area (Å²) in [6, 6.07) is 5.98. The van der Waals surface area contributed by atoms with Gasteiger partial charge < -0.3 is 20.6 Å². The number of hydrogen-bond donors (Lipinski definition) is 4. The van der Waals surface area contributed by atoms with Crippen LogP contribution >= 0.6 is 23.2 Å². The number of benzene rings is 1. The summed E-state index contributed by atoms with van der Waals surface area (Å²) in [4.78, 5) is 54.4. The van der Waals surface area contributed by atoms with Crippen LogP contribution in [0.2, 0.25) is 10.0 Å². The smallest absolute Gasteiger partial charge is 0.352 e. The summed E-state index contributed by atoms with van der Waals surface area (Å²) in [6.45, 7) is 8.67.